The van der Waals surface area contributed by atoms with E-state index in [9.17, 15) is 4.39 Å². The SMILES string of the molecule is CCc1csc2ccc(F)cc12. The second-order valence-electron chi connectivity index (χ2n) is 2.75. The minimum absolute atomic E-state index is 0.143. The minimum atomic E-state index is -0.143. The van der Waals surface area contributed by atoms with Crippen LogP contribution in [0.5, 0.6) is 0 Å². The topological polar surface area (TPSA) is 0 Å². The molecule has 0 nitrogen and oxygen atoms in total. The first-order chi connectivity index (χ1) is 5.81. The third kappa shape index (κ3) is 1.12. The molecule has 0 fully saturated rings. The van der Waals surface area contributed by atoms with E-state index in [1.54, 1.807) is 17.4 Å². The fourth-order valence-corrected chi connectivity index (χ4v) is 2.35. The van der Waals surface area contributed by atoms with Gasteiger partial charge in [0.2, 0.25) is 0 Å². The fraction of sp³-hybridized carbons (Fsp3) is 0.200. The molecule has 62 valence electrons. The van der Waals surface area contributed by atoms with Crippen LogP contribution < -0.4 is 0 Å². The largest absolute Gasteiger partial charge is 0.207 e. The highest BCUT2D eigenvalue weighted by atomic mass is 32.1. The van der Waals surface area contributed by atoms with Crippen molar-refractivity contribution in [1.82, 2.24) is 0 Å². The molecule has 1 aromatic heterocycles. The van der Waals surface area contributed by atoms with Crippen molar-refractivity contribution in [3.05, 3.63) is 35.0 Å². The van der Waals surface area contributed by atoms with Crippen molar-refractivity contribution in [3.8, 4) is 0 Å². The summed E-state index contributed by atoms with van der Waals surface area (Å²) >= 11 is 1.68. The van der Waals surface area contributed by atoms with Gasteiger partial charge in [0.05, 0.1) is 0 Å². The van der Waals surface area contributed by atoms with Crippen LogP contribution in [0.25, 0.3) is 10.1 Å². The molecule has 0 spiro atoms. The summed E-state index contributed by atoms with van der Waals surface area (Å²) in [4.78, 5) is 0. The quantitative estimate of drug-likeness (QED) is 0.629. The zero-order chi connectivity index (χ0) is 8.55. The van der Waals surface area contributed by atoms with Gasteiger partial charge in [-0.2, -0.15) is 0 Å². The Labute approximate surface area is 74.6 Å². The summed E-state index contributed by atoms with van der Waals surface area (Å²) in [5, 5.41) is 3.17. The standard InChI is InChI=1S/C10H9FS/c1-2-7-6-12-10-4-3-8(11)5-9(7)10/h3-6H,2H2,1H3. The number of thiophene rings is 1. The lowest BCUT2D eigenvalue weighted by Crippen LogP contribution is -1.76. The first-order valence-corrected chi connectivity index (χ1v) is 4.85. The molecule has 0 aliphatic rings. The second-order valence-corrected chi connectivity index (χ2v) is 3.67. The Balaban J connectivity index is 2.75. The van der Waals surface area contributed by atoms with Crippen molar-refractivity contribution in [3.63, 3.8) is 0 Å². The number of hydrogen-bond donors (Lipinski definition) is 0. The van der Waals surface area contributed by atoms with E-state index in [1.165, 1.54) is 16.3 Å². The molecule has 2 heteroatoms. The van der Waals surface area contributed by atoms with Crippen LogP contribution >= 0.6 is 11.3 Å². The molecule has 0 saturated heterocycles. The molecule has 2 aromatic rings. The van der Waals surface area contributed by atoms with Crippen LogP contribution in [0, 0.1) is 5.82 Å². The first-order valence-electron chi connectivity index (χ1n) is 3.97. The number of rotatable bonds is 1. The highest BCUT2D eigenvalue weighted by Gasteiger charge is 2.02. The Morgan fingerprint density at radius 3 is 3.00 bits per heavy atom. The van der Waals surface area contributed by atoms with Gasteiger partial charge in [0.1, 0.15) is 5.82 Å². The Kier molecular flexibility index (Phi) is 1.85. The lowest BCUT2D eigenvalue weighted by atomic mass is 10.1. The van der Waals surface area contributed by atoms with Gasteiger partial charge in [-0.25, -0.2) is 4.39 Å². The summed E-state index contributed by atoms with van der Waals surface area (Å²) in [6, 6.07) is 4.97. The lowest BCUT2D eigenvalue weighted by Gasteiger charge is -1.93. The summed E-state index contributed by atoms with van der Waals surface area (Å²) in [6.07, 6.45) is 0.976. The van der Waals surface area contributed by atoms with Crippen LogP contribution in [0.2, 0.25) is 0 Å². The van der Waals surface area contributed by atoms with Gasteiger partial charge in [-0.1, -0.05) is 6.92 Å². The highest BCUT2D eigenvalue weighted by Crippen LogP contribution is 2.26. The minimum Gasteiger partial charge on any atom is -0.207 e. The zero-order valence-corrected chi connectivity index (χ0v) is 7.62. The highest BCUT2D eigenvalue weighted by molar-refractivity contribution is 7.17. The molecule has 0 aliphatic heterocycles. The Hall–Kier alpha value is -0.890. The number of hydrogen-bond acceptors (Lipinski definition) is 1. The molecule has 0 amide bonds. The van der Waals surface area contributed by atoms with E-state index >= 15 is 0 Å². The zero-order valence-electron chi connectivity index (χ0n) is 6.80. The van der Waals surface area contributed by atoms with E-state index in [2.05, 4.69) is 12.3 Å². The van der Waals surface area contributed by atoms with Crippen molar-refractivity contribution in [2.75, 3.05) is 0 Å². The van der Waals surface area contributed by atoms with Crippen LogP contribution in [-0.2, 0) is 6.42 Å². The molecule has 0 atom stereocenters. The van der Waals surface area contributed by atoms with Crippen LogP contribution in [0.3, 0.4) is 0 Å². The molecular formula is C10H9FS. The molecule has 12 heavy (non-hydrogen) atoms. The molecule has 0 saturated carbocycles. The van der Waals surface area contributed by atoms with Gasteiger partial charge in [-0.05, 0) is 40.9 Å². The smallest absolute Gasteiger partial charge is 0.123 e. The molecule has 1 heterocycles. The lowest BCUT2D eigenvalue weighted by molar-refractivity contribution is 0.629. The first kappa shape index (κ1) is 7.74. The van der Waals surface area contributed by atoms with E-state index in [0.29, 0.717) is 0 Å². The van der Waals surface area contributed by atoms with Crippen molar-refractivity contribution >= 4 is 21.4 Å². The maximum Gasteiger partial charge on any atom is 0.123 e. The summed E-state index contributed by atoms with van der Waals surface area (Å²) in [6.45, 7) is 2.09. The average Bonchev–Trinajstić information content (AvgIpc) is 2.46. The third-order valence-corrected chi connectivity index (χ3v) is 3.01. The van der Waals surface area contributed by atoms with Crippen molar-refractivity contribution in [2.24, 2.45) is 0 Å². The normalized spacial score (nSPS) is 10.8. The van der Waals surface area contributed by atoms with Gasteiger partial charge in [0.25, 0.3) is 0 Å². The van der Waals surface area contributed by atoms with E-state index in [0.717, 1.165) is 11.8 Å². The summed E-state index contributed by atoms with van der Waals surface area (Å²) in [5.41, 5.74) is 1.24. The van der Waals surface area contributed by atoms with E-state index in [1.807, 2.05) is 6.07 Å². The predicted octanol–water partition coefficient (Wildman–Crippen LogP) is 3.60. The van der Waals surface area contributed by atoms with Crippen LogP contribution in [0.15, 0.2) is 23.6 Å². The maximum atomic E-state index is 12.8. The van der Waals surface area contributed by atoms with Crippen molar-refractivity contribution < 1.29 is 4.39 Å². The van der Waals surface area contributed by atoms with E-state index < -0.39 is 0 Å². The van der Waals surface area contributed by atoms with E-state index in [4.69, 9.17) is 0 Å². The molecule has 2 rings (SSSR count). The maximum absolute atomic E-state index is 12.8. The summed E-state index contributed by atoms with van der Waals surface area (Å²) in [5.74, 6) is -0.143. The van der Waals surface area contributed by atoms with Gasteiger partial charge in [-0.15, -0.1) is 11.3 Å². The third-order valence-electron chi connectivity index (χ3n) is 2.00. The Morgan fingerprint density at radius 2 is 2.25 bits per heavy atom. The van der Waals surface area contributed by atoms with Crippen LogP contribution in [0.4, 0.5) is 4.39 Å². The monoisotopic (exact) mass is 180 g/mol. The van der Waals surface area contributed by atoms with Gasteiger partial charge in [0.15, 0.2) is 0 Å². The molecule has 1 aromatic carbocycles. The Bertz CT molecular complexity index is 403. The van der Waals surface area contributed by atoms with Gasteiger partial charge < -0.3 is 0 Å². The van der Waals surface area contributed by atoms with Gasteiger partial charge in [0, 0.05) is 4.70 Å². The molecule has 0 aliphatic carbocycles. The van der Waals surface area contributed by atoms with Gasteiger partial charge in [-0.3, -0.25) is 0 Å². The number of halogens is 1. The van der Waals surface area contributed by atoms with Crippen LogP contribution in [0.1, 0.15) is 12.5 Å². The number of fused-ring (bicyclic) bond motifs is 1. The fourth-order valence-electron chi connectivity index (χ4n) is 1.33. The summed E-state index contributed by atoms with van der Waals surface area (Å²) < 4.78 is 14.0. The number of aryl methyl sites for hydroxylation is 1. The van der Waals surface area contributed by atoms with E-state index in [-0.39, 0.29) is 5.82 Å². The molecule has 0 radical (unpaired) electrons. The summed E-state index contributed by atoms with van der Waals surface area (Å²) in [7, 11) is 0. The predicted molar refractivity (Wildman–Crippen MR) is 51.2 cm³/mol. The molecule has 0 N–H and O–H groups in total. The van der Waals surface area contributed by atoms with Crippen molar-refractivity contribution in [2.45, 2.75) is 13.3 Å². The molecule has 0 bridgehead atoms. The number of benzene rings is 1. The second kappa shape index (κ2) is 2.87. The molecule has 0 unspecified atom stereocenters. The average molecular weight is 180 g/mol. The van der Waals surface area contributed by atoms with Gasteiger partial charge >= 0.3 is 0 Å². The molecular weight excluding hydrogens is 171 g/mol. The van der Waals surface area contributed by atoms with Crippen LogP contribution in [-0.4, -0.2) is 0 Å². The van der Waals surface area contributed by atoms with Crippen molar-refractivity contribution in [1.29, 1.82) is 0 Å². The Morgan fingerprint density at radius 1 is 1.42 bits per heavy atom.